The molecule has 0 aliphatic heterocycles. The van der Waals surface area contributed by atoms with Gasteiger partial charge in [0.15, 0.2) is 6.61 Å². The highest BCUT2D eigenvalue weighted by molar-refractivity contribution is 9.10. The van der Waals surface area contributed by atoms with Crippen LogP contribution >= 0.6 is 27.5 Å². The Morgan fingerprint density at radius 1 is 1.24 bits per heavy atom. The maximum atomic E-state index is 12.0. The number of halogens is 2. The number of nitrogens with one attached hydrogen (secondary N) is 1. The molecule has 0 aromatic heterocycles. The summed E-state index contributed by atoms with van der Waals surface area (Å²) in [6, 6.07) is 15.0. The van der Waals surface area contributed by atoms with Crippen LogP contribution in [0.2, 0.25) is 5.02 Å². The van der Waals surface area contributed by atoms with E-state index in [0.717, 1.165) is 30.5 Å². The fraction of sp³-hybridized carbons (Fsp3) is 0.263. The van der Waals surface area contributed by atoms with Crippen LogP contribution in [0.25, 0.3) is 0 Å². The molecule has 0 heterocycles. The minimum Gasteiger partial charge on any atom is -0.483 e. The van der Waals surface area contributed by atoms with Crippen molar-refractivity contribution in [1.29, 1.82) is 0 Å². The molecule has 0 saturated carbocycles. The lowest BCUT2D eigenvalue weighted by Crippen LogP contribution is -2.26. The normalized spacial score (nSPS) is 11.2. The van der Waals surface area contributed by atoms with Gasteiger partial charge < -0.3 is 4.74 Å². The SMILES string of the molecule is CCCC/C(=N/NC(=O)COc1ccc(Cl)cc1Br)c1ccccc1. The molecule has 25 heavy (non-hydrogen) atoms. The molecular weight excluding hydrogens is 404 g/mol. The number of benzene rings is 2. The van der Waals surface area contributed by atoms with E-state index in [4.69, 9.17) is 16.3 Å². The third-order valence-corrected chi connectivity index (χ3v) is 4.30. The molecule has 0 aliphatic carbocycles. The highest BCUT2D eigenvalue weighted by atomic mass is 79.9. The van der Waals surface area contributed by atoms with Crippen LogP contribution < -0.4 is 10.2 Å². The molecule has 0 saturated heterocycles. The molecule has 1 amide bonds. The van der Waals surface area contributed by atoms with E-state index in [1.807, 2.05) is 30.3 Å². The third-order valence-electron chi connectivity index (χ3n) is 3.44. The van der Waals surface area contributed by atoms with E-state index in [1.165, 1.54) is 0 Å². The summed E-state index contributed by atoms with van der Waals surface area (Å²) in [4.78, 5) is 12.0. The lowest BCUT2D eigenvalue weighted by molar-refractivity contribution is -0.123. The van der Waals surface area contributed by atoms with Gasteiger partial charge in [-0.1, -0.05) is 55.3 Å². The second kappa shape index (κ2) is 10.2. The fourth-order valence-corrected chi connectivity index (χ4v) is 2.93. The summed E-state index contributed by atoms with van der Waals surface area (Å²) in [5.74, 6) is 0.240. The van der Waals surface area contributed by atoms with Crippen LogP contribution in [-0.2, 0) is 4.79 Å². The minimum atomic E-state index is -0.313. The first-order chi connectivity index (χ1) is 12.1. The van der Waals surface area contributed by atoms with Crippen LogP contribution in [0.15, 0.2) is 58.1 Å². The van der Waals surface area contributed by atoms with E-state index in [0.29, 0.717) is 15.2 Å². The molecule has 0 atom stereocenters. The molecule has 6 heteroatoms. The Morgan fingerprint density at radius 2 is 2.00 bits per heavy atom. The van der Waals surface area contributed by atoms with Gasteiger partial charge >= 0.3 is 0 Å². The molecule has 0 radical (unpaired) electrons. The van der Waals surface area contributed by atoms with Crippen LogP contribution in [0.4, 0.5) is 0 Å². The number of rotatable bonds is 8. The van der Waals surface area contributed by atoms with Gasteiger partial charge in [0.05, 0.1) is 10.2 Å². The van der Waals surface area contributed by atoms with Crippen molar-refractivity contribution >= 4 is 39.1 Å². The van der Waals surface area contributed by atoms with Gasteiger partial charge in [-0.05, 0) is 52.5 Å². The first kappa shape index (κ1) is 19.5. The molecule has 0 aliphatic rings. The van der Waals surface area contributed by atoms with Gasteiger partial charge in [-0.25, -0.2) is 5.43 Å². The number of carbonyl (C=O) groups excluding carboxylic acids is 1. The van der Waals surface area contributed by atoms with Gasteiger partial charge in [-0.15, -0.1) is 0 Å². The zero-order valence-corrected chi connectivity index (χ0v) is 16.3. The van der Waals surface area contributed by atoms with E-state index >= 15 is 0 Å². The molecule has 1 N–H and O–H groups in total. The van der Waals surface area contributed by atoms with Crippen molar-refractivity contribution in [2.24, 2.45) is 5.10 Å². The lowest BCUT2D eigenvalue weighted by atomic mass is 10.1. The van der Waals surface area contributed by atoms with Gasteiger partial charge in [0.1, 0.15) is 5.75 Å². The maximum Gasteiger partial charge on any atom is 0.277 e. The van der Waals surface area contributed by atoms with Crippen molar-refractivity contribution in [2.75, 3.05) is 6.61 Å². The highest BCUT2D eigenvalue weighted by Crippen LogP contribution is 2.27. The van der Waals surface area contributed by atoms with Gasteiger partial charge in [0.25, 0.3) is 5.91 Å². The number of hydrogen-bond acceptors (Lipinski definition) is 3. The van der Waals surface area contributed by atoms with Gasteiger partial charge in [-0.3, -0.25) is 4.79 Å². The Morgan fingerprint density at radius 3 is 2.68 bits per heavy atom. The topological polar surface area (TPSA) is 50.7 Å². The van der Waals surface area contributed by atoms with E-state index in [9.17, 15) is 4.79 Å². The van der Waals surface area contributed by atoms with Gasteiger partial charge in [0.2, 0.25) is 0 Å². The standard InChI is InChI=1S/C19H20BrClN2O2/c1-2-3-9-17(14-7-5-4-6-8-14)22-23-19(24)13-25-18-11-10-15(21)12-16(18)20/h4-8,10-12H,2-3,9,13H2,1H3,(H,23,24)/b22-17-. The fourth-order valence-electron chi connectivity index (χ4n) is 2.14. The average Bonchev–Trinajstić information content (AvgIpc) is 2.62. The number of nitrogens with zero attached hydrogens (tertiary/aromatic N) is 1. The first-order valence-corrected chi connectivity index (χ1v) is 9.26. The summed E-state index contributed by atoms with van der Waals surface area (Å²) >= 11 is 9.23. The average molecular weight is 424 g/mol. The van der Waals surface area contributed by atoms with Crippen LogP contribution in [0.5, 0.6) is 5.75 Å². The predicted octanol–water partition coefficient (Wildman–Crippen LogP) is 5.19. The summed E-state index contributed by atoms with van der Waals surface area (Å²) in [5.41, 5.74) is 4.45. The Balaban J connectivity index is 1.96. The van der Waals surface area contributed by atoms with Crippen molar-refractivity contribution in [3.8, 4) is 5.75 Å². The number of amides is 1. The second-order valence-corrected chi connectivity index (χ2v) is 6.72. The van der Waals surface area contributed by atoms with E-state index in [-0.39, 0.29) is 12.5 Å². The predicted molar refractivity (Wildman–Crippen MR) is 105 cm³/mol. The molecule has 0 spiro atoms. The smallest absolute Gasteiger partial charge is 0.277 e. The summed E-state index contributed by atoms with van der Waals surface area (Å²) in [5, 5.41) is 4.88. The molecule has 2 rings (SSSR count). The monoisotopic (exact) mass is 422 g/mol. The molecule has 4 nitrogen and oxygen atoms in total. The van der Waals surface area contributed by atoms with Gasteiger partial charge in [-0.2, -0.15) is 5.10 Å². The zero-order valence-electron chi connectivity index (χ0n) is 14.0. The van der Waals surface area contributed by atoms with Crippen molar-refractivity contribution < 1.29 is 9.53 Å². The Bertz CT molecular complexity index is 735. The molecule has 2 aromatic rings. The second-order valence-electron chi connectivity index (χ2n) is 5.43. The van der Waals surface area contributed by atoms with E-state index in [1.54, 1.807) is 18.2 Å². The lowest BCUT2D eigenvalue weighted by Gasteiger charge is -2.09. The summed E-state index contributed by atoms with van der Waals surface area (Å²) < 4.78 is 6.18. The molecule has 2 aromatic carbocycles. The molecule has 0 bridgehead atoms. The first-order valence-electron chi connectivity index (χ1n) is 8.09. The molecule has 0 unspecified atom stereocenters. The number of hydrazone groups is 1. The number of ether oxygens (including phenoxy) is 1. The van der Waals surface area contributed by atoms with E-state index < -0.39 is 0 Å². The molecule has 132 valence electrons. The Hall–Kier alpha value is -1.85. The van der Waals surface area contributed by atoms with Crippen molar-refractivity contribution in [3.63, 3.8) is 0 Å². The van der Waals surface area contributed by atoms with Crippen LogP contribution in [-0.4, -0.2) is 18.2 Å². The molecule has 0 fully saturated rings. The molecular formula is C19H20BrClN2O2. The maximum absolute atomic E-state index is 12.0. The van der Waals surface area contributed by atoms with Gasteiger partial charge in [0, 0.05) is 5.02 Å². The van der Waals surface area contributed by atoms with Crippen LogP contribution in [0, 0.1) is 0 Å². The van der Waals surface area contributed by atoms with E-state index in [2.05, 4.69) is 33.4 Å². The summed E-state index contributed by atoms with van der Waals surface area (Å²) in [7, 11) is 0. The largest absolute Gasteiger partial charge is 0.483 e. The zero-order chi connectivity index (χ0) is 18.1. The Kier molecular flexibility index (Phi) is 7.95. The minimum absolute atomic E-state index is 0.125. The number of carbonyl (C=O) groups is 1. The highest BCUT2D eigenvalue weighted by Gasteiger charge is 2.07. The quantitative estimate of drug-likeness (QED) is 0.469. The summed E-state index contributed by atoms with van der Waals surface area (Å²) in [6.07, 6.45) is 2.88. The van der Waals surface area contributed by atoms with Crippen molar-refractivity contribution in [3.05, 3.63) is 63.6 Å². The number of hydrogen-bond donors (Lipinski definition) is 1. The summed E-state index contributed by atoms with van der Waals surface area (Å²) in [6.45, 7) is 2.00. The number of unbranched alkanes of at least 4 members (excludes halogenated alkanes) is 1. The van der Waals surface area contributed by atoms with Crippen molar-refractivity contribution in [1.82, 2.24) is 5.43 Å². The van der Waals surface area contributed by atoms with Crippen LogP contribution in [0.3, 0.4) is 0 Å². The third kappa shape index (κ3) is 6.52. The van der Waals surface area contributed by atoms with Crippen LogP contribution in [0.1, 0.15) is 31.7 Å². The Labute approximate surface area is 161 Å². The van der Waals surface area contributed by atoms with Crippen molar-refractivity contribution in [2.45, 2.75) is 26.2 Å².